The molecule has 1 aliphatic heterocycles. The monoisotopic (exact) mass is 370 g/mol. The van der Waals surface area contributed by atoms with Crippen LogP contribution in [0.5, 0.6) is 5.75 Å². The van der Waals surface area contributed by atoms with E-state index in [9.17, 15) is 4.79 Å². The van der Waals surface area contributed by atoms with E-state index in [0.717, 1.165) is 23.4 Å². The lowest BCUT2D eigenvalue weighted by atomic mass is 10.0. The van der Waals surface area contributed by atoms with Crippen molar-refractivity contribution < 1.29 is 9.53 Å². The van der Waals surface area contributed by atoms with Crippen molar-refractivity contribution in [3.8, 4) is 5.75 Å². The molecule has 0 aliphatic carbocycles. The van der Waals surface area contributed by atoms with Gasteiger partial charge in [-0.1, -0.05) is 23.7 Å². The van der Waals surface area contributed by atoms with Gasteiger partial charge in [0.15, 0.2) is 5.69 Å². The molecule has 1 amide bonds. The van der Waals surface area contributed by atoms with Crippen LogP contribution in [0.1, 0.15) is 22.1 Å². The van der Waals surface area contributed by atoms with Crippen LogP contribution >= 0.6 is 11.6 Å². The van der Waals surface area contributed by atoms with Gasteiger partial charge in [-0.2, -0.15) is 5.10 Å². The number of aromatic nitrogens is 2. The summed E-state index contributed by atoms with van der Waals surface area (Å²) in [5.41, 5.74) is 2.26. The van der Waals surface area contributed by atoms with Gasteiger partial charge in [0.1, 0.15) is 5.75 Å². The van der Waals surface area contributed by atoms with E-state index in [0.29, 0.717) is 23.8 Å². The Morgan fingerprint density at radius 3 is 3.04 bits per heavy atom. The Morgan fingerprint density at radius 1 is 1.31 bits per heavy atom. The summed E-state index contributed by atoms with van der Waals surface area (Å²) in [4.78, 5) is 15.0. The van der Waals surface area contributed by atoms with Gasteiger partial charge < -0.3 is 15.0 Å². The Morgan fingerprint density at radius 2 is 2.19 bits per heavy atom. The van der Waals surface area contributed by atoms with E-state index in [1.165, 1.54) is 0 Å². The average molecular weight is 371 g/mol. The molecule has 1 atom stereocenters. The molecule has 4 rings (SSSR count). The molecule has 1 fully saturated rings. The molecular weight excluding hydrogens is 352 g/mol. The van der Waals surface area contributed by atoms with E-state index in [2.05, 4.69) is 10.4 Å². The fourth-order valence-corrected chi connectivity index (χ4v) is 3.48. The van der Waals surface area contributed by atoms with Crippen LogP contribution in [-0.2, 0) is 0 Å². The molecule has 0 saturated carbocycles. The molecule has 1 N–H and O–H groups in total. The summed E-state index contributed by atoms with van der Waals surface area (Å²) in [6.45, 7) is 2.07. The summed E-state index contributed by atoms with van der Waals surface area (Å²) in [7, 11) is 1.64. The van der Waals surface area contributed by atoms with E-state index >= 15 is 0 Å². The number of nitrogens with one attached hydrogen (secondary N) is 1. The van der Waals surface area contributed by atoms with Crippen molar-refractivity contribution in [3.63, 3.8) is 0 Å². The fourth-order valence-electron chi connectivity index (χ4n) is 3.31. The summed E-state index contributed by atoms with van der Waals surface area (Å²) in [5.74, 6) is 0.696. The van der Waals surface area contributed by atoms with Crippen LogP contribution in [0, 0.1) is 0 Å². The lowest BCUT2D eigenvalue weighted by molar-refractivity contribution is 0.0627. The van der Waals surface area contributed by atoms with Gasteiger partial charge >= 0.3 is 0 Å². The molecule has 3 aromatic rings. The predicted octanol–water partition coefficient (Wildman–Crippen LogP) is 2.78. The highest BCUT2D eigenvalue weighted by Crippen LogP contribution is 2.27. The van der Waals surface area contributed by atoms with E-state index < -0.39 is 0 Å². The quantitative estimate of drug-likeness (QED) is 0.770. The maximum Gasteiger partial charge on any atom is 0.274 e. The van der Waals surface area contributed by atoms with Crippen molar-refractivity contribution >= 4 is 23.0 Å². The van der Waals surface area contributed by atoms with Gasteiger partial charge in [0.05, 0.1) is 18.7 Å². The number of halogens is 1. The molecule has 1 aliphatic rings. The smallest absolute Gasteiger partial charge is 0.274 e. The van der Waals surface area contributed by atoms with E-state index in [-0.39, 0.29) is 11.9 Å². The van der Waals surface area contributed by atoms with Gasteiger partial charge in [0.25, 0.3) is 5.91 Å². The lowest BCUT2D eigenvalue weighted by Gasteiger charge is -2.36. The standard InChI is InChI=1S/C19H19ClN4O2/c1-26-16-4-2-3-13(9-16)18-12-21-6-8-23(18)19(25)17-11-15-10-14(20)5-7-24(15)22-17/h2-5,7,9-11,18,21H,6,8,12H2,1H3. The minimum atomic E-state index is -0.0841. The molecule has 1 saturated heterocycles. The van der Waals surface area contributed by atoms with Crippen LogP contribution in [-0.4, -0.2) is 47.2 Å². The molecule has 2 aromatic heterocycles. The van der Waals surface area contributed by atoms with Gasteiger partial charge in [-0.3, -0.25) is 4.79 Å². The summed E-state index contributed by atoms with van der Waals surface area (Å²) in [6, 6.07) is 13.1. The van der Waals surface area contributed by atoms with Crippen LogP contribution in [0.3, 0.4) is 0 Å². The number of carbonyl (C=O) groups is 1. The molecule has 0 radical (unpaired) electrons. The molecule has 6 nitrogen and oxygen atoms in total. The average Bonchev–Trinajstić information content (AvgIpc) is 3.10. The Labute approximate surface area is 156 Å². The molecule has 0 spiro atoms. The number of hydrogen-bond acceptors (Lipinski definition) is 4. The predicted molar refractivity (Wildman–Crippen MR) is 99.8 cm³/mol. The highest BCUT2D eigenvalue weighted by atomic mass is 35.5. The zero-order valence-corrected chi connectivity index (χ0v) is 15.1. The third-order valence-corrected chi connectivity index (χ3v) is 4.86. The molecule has 1 aromatic carbocycles. The zero-order valence-electron chi connectivity index (χ0n) is 14.4. The second-order valence-corrected chi connectivity index (χ2v) is 6.68. The number of amides is 1. The highest BCUT2D eigenvalue weighted by molar-refractivity contribution is 6.30. The molecule has 1 unspecified atom stereocenters. The summed E-state index contributed by atoms with van der Waals surface area (Å²) in [6.07, 6.45) is 1.76. The third-order valence-electron chi connectivity index (χ3n) is 4.63. The van der Waals surface area contributed by atoms with Crippen molar-refractivity contribution in [2.75, 3.05) is 26.7 Å². The normalized spacial score (nSPS) is 17.5. The van der Waals surface area contributed by atoms with Crippen LogP contribution in [0.4, 0.5) is 0 Å². The van der Waals surface area contributed by atoms with Crippen molar-refractivity contribution in [2.24, 2.45) is 0 Å². The number of fused-ring (bicyclic) bond motifs is 1. The van der Waals surface area contributed by atoms with Gasteiger partial charge in [0.2, 0.25) is 0 Å². The molecule has 134 valence electrons. The van der Waals surface area contributed by atoms with Crippen LogP contribution in [0.25, 0.3) is 5.52 Å². The van der Waals surface area contributed by atoms with Gasteiger partial charge in [-0.25, -0.2) is 4.52 Å². The number of benzene rings is 1. The Hall–Kier alpha value is -2.57. The first-order valence-corrected chi connectivity index (χ1v) is 8.84. The minimum absolute atomic E-state index is 0.0697. The van der Waals surface area contributed by atoms with Crippen molar-refractivity contribution in [3.05, 3.63) is 64.9 Å². The lowest BCUT2D eigenvalue weighted by Crippen LogP contribution is -2.48. The highest BCUT2D eigenvalue weighted by Gasteiger charge is 2.30. The van der Waals surface area contributed by atoms with Crippen LogP contribution in [0.2, 0.25) is 5.02 Å². The fraction of sp³-hybridized carbons (Fsp3) is 0.263. The first kappa shape index (κ1) is 16.9. The van der Waals surface area contributed by atoms with Crippen molar-refractivity contribution in [1.29, 1.82) is 0 Å². The van der Waals surface area contributed by atoms with Crippen molar-refractivity contribution in [2.45, 2.75) is 6.04 Å². The number of nitrogens with zero attached hydrogens (tertiary/aromatic N) is 3. The largest absolute Gasteiger partial charge is 0.497 e. The second kappa shape index (κ2) is 6.97. The Kier molecular flexibility index (Phi) is 4.53. The number of rotatable bonds is 3. The molecule has 3 heterocycles. The zero-order chi connectivity index (χ0) is 18.1. The number of pyridine rings is 1. The number of carbonyl (C=O) groups excluding carboxylic acids is 1. The van der Waals surface area contributed by atoms with E-state index in [1.54, 1.807) is 36.0 Å². The number of hydrogen-bond donors (Lipinski definition) is 1. The van der Waals surface area contributed by atoms with E-state index in [1.807, 2.05) is 29.2 Å². The number of piperazine rings is 1. The van der Waals surface area contributed by atoms with Crippen molar-refractivity contribution in [1.82, 2.24) is 19.8 Å². The summed E-state index contributed by atoms with van der Waals surface area (Å²) < 4.78 is 6.99. The maximum atomic E-state index is 13.2. The third kappa shape index (κ3) is 3.13. The number of methoxy groups -OCH3 is 1. The maximum absolute atomic E-state index is 13.2. The SMILES string of the molecule is COc1cccc(C2CNCCN2C(=O)c2cc3cc(Cl)ccn3n2)c1. The topological polar surface area (TPSA) is 58.9 Å². The molecular formula is C19H19ClN4O2. The van der Waals surface area contributed by atoms with Gasteiger partial charge in [-0.15, -0.1) is 0 Å². The summed E-state index contributed by atoms with van der Waals surface area (Å²) in [5, 5.41) is 8.39. The Bertz CT molecular complexity index is 956. The Balaban J connectivity index is 1.67. The summed E-state index contributed by atoms with van der Waals surface area (Å²) >= 11 is 6.03. The van der Waals surface area contributed by atoms with E-state index in [4.69, 9.17) is 16.3 Å². The molecule has 0 bridgehead atoms. The minimum Gasteiger partial charge on any atom is -0.497 e. The van der Waals surface area contributed by atoms with Crippen LogP contribution < -0.4 is 10.1 Å². The van der Waals surface area contributed by atoms with Crippen LogP contribution in [0.15, 0.2) is 48.7 Å². The first-order valence-electron chi connectivity index (χ1n) is 8.46. The molecule has 26 heavy (non-hydrogen) atoms. The second-order valence-electron chi connectivity index (χ2n) is 6.24. The molecule has 7 heteroatoms. The first-order chi connectivity index (χ1) is 12.7. The van der Waals surface area contributed by atoms with Gasteiger partial charge in [-0.05, 0) is 35.9 Å². The number of ether oxygens (including phenoxy) is 1. The van der Waals surface area contributed by atoms with Gasteiger partial charge in [0, 0.05) is 30.9 Å².